The zero-order valence-corrected chi connectivity index (χ0v) is 14.4. The fourth-order valence-corrected chi connectivity index (χ4v) is 2.35. The van der Waals surface area contributed by atoms with Crippen molar-refractivity contribution in [3.8, 4) is 11.6 Å². The molecule has 0 radical (unpaired) electrons. The summed E-state index contributed by atoms with van der Waals surface area (Å²) in [5.74, 6) is 1.26. The molecule has 0 fully saturated rings. The molecule has 0 saturated carbocycles. The normalized spacial score (nSPS) is 10.8. The second-order valence-corrected chi connectivity index (χ2v) is 5.38. The lowest BCUT2D eigenvalue weighted by molar-refractivity contribution is -0.116. The number of aromatic nitrogens is 4. The van der Waals surface area contributed by atoms with Gasteiger partial charge in [-0.1, -0.05) is 18.2 Å². The Kier molecular flexibility index (Phi) is 5.72. The van der Waals surface area contributed by atoms with E-state index < -0.39 is 0 Å². The first-order valence-corrected chi connectivity index (χ1v) is 8.24. The number of hydrogen-bond acceptors (Lipinski definition) is 5. The summed E-state index contributed by atoms with van der Waals surface area (Å²) >= 11 is 0. The molecule has 0 aliphatic carbocycles. The van der Waals surface area contributed by atoms with Crippen LogP contribution in [0.25, 0.3) is 11.9 Å². The van der Waals surface area contributed by atoms with Gasteiger partial charge in [-0.15, -0.1) is 0 Å². The van der Waals surface area contributed by atoms with Gasteiger partial charge in [0, 0.05) is 24.4 Å². The number of amides is 1. The minimum atomic E-state index is -0.188. The van der Waals surface area contributed by atoms with Gasteiger partial charge in [0.2, 0.25) is 5.91 Å². The quantitative estimate of drug-likeness (QED) is 0.662. The fourth-order valence-electron chi connectivity index (χ4n) is 2.35. The van der Waals surface area contributed by atoms with Crippen molar-refractivity contribution in [1.29, 1.82) is 0 Å². The van der Waals surface area contributed by atoms with Crippen LogP contribution in [0.5, 0.6) is 5.75 Å². The Morgan fingerprint density at radius 2 is 2.12 bits per heavy atom. The number of nitrogens with zero attached hydrogens (tertiary/aromatic N) is 4. The first-order chi connectivity index (χ1) is 12.8. The van der Waals surface area contributed by atoms with Crippen molar-refractivity contribution in [2.45, 2.75) is 13.5 Å². The van der Waals surface area contributed by atoms with E-state index in [0.717, 1.165) is 16.9 Å². The molecular formula is C19H19N5O2. The third-order valence-electron chi connectivity index (χ3n) is 3.57. The number of rotatable bonds is 7. The Labute approximate surface area is 151 Å². The third-order valence-corrected chi connectivity index (χ3v) is 3.57. The van der Waals surface area contributed by atoms with Crippen LogP contribution in [0.4, 0.5) is 0 Å². The zero-order chi connectivity index (χ0) is 18.2. The van der Waals surface area contributed by atoms with Crippen molar-refractivity contribution < 1.29 is 9.53 Å². The van der Waals surface area contributed by atoms with Crippen molar-refractivity contribution >= 4 is 12.0 Å². The molecule has 3 rings (SSSR count). The lowest BCUT2D eigenvalue weighted by Crippen LogP contribution is -2.21. The van der Waals surface area contributed by atoms with Gasteiger partial charge in [0.15, 0.2) is 5.82 Å². The van der Waals surface area contributed by atoms with Gasteiger partial charge in [0.25, 0.3) is 0 Å². The van der Waals surface area contributed by atoms with Crippen LogP contribution in [0.1, 0.15) is 18.1 Å². The summed E-state index contributed by atoms with van der Waals surface area (Å²) < 4.78 is 6.96. The number of carbonyl (C=O) groups excluding carboxylic acids is 1. The van der Waals surface area contributed by atoms with Gasteiger partial charge in [-0.25, -0.2) is 14.6 Å². The van der Waals surface area contributed by atoms with E-state index in [1.165, 1.54) is 12.4 Å². The van der Waals surface area contributed by atoms with Crippen LogP contribution in [-0.2, 0) is 11.3 Å². The van der Waals surface area contributed by atoms with E-state index in [4.69, 9.17) is 4.74 Å². The monoisotopic (exact) mass is 349 g/mol. The SMILES string of the molecule is CCOc1ccc(C=CC(=O)NCc2cccnc2-n2cncn2)cc1. The molecule has 132 valence electrons. The molecule has 7 nitrogen and oxygen atoms in total. The summed E-state index contributed by atoms with van der Waals surface area (Å²) in [6.45, 7) is 2.91. The maximum Gasteiger partial charge on any atom is 0.244 e. The smallest absolute Gasteiger partial charge is 0.244 e. The fraction of sp³-hybridized carbons (Fsp3) is 0.158. The number of pyridine rings is 1. The average molecular weight is 349 g/mol. The molecule has 0 atom stereocenters. The number of nitrogens with one attached hydrogen (secondary N) is 1. The molecule has 0 bridgehead atoms. The van der Waals surface area contributed by atoms with Crippen LogP contribution in [0.2, 0.25) is 0 Å². The van der Waals surface area contributed by atoms with Crippen molar-refractivity contribution in [1.82, 2.24) is 25.1 Å². The molecule has 0 unspecified atom stereocenters. The molecule has 1 N–H and O–H groups in total. The summed E-state index contributed by atoms with van der Waals surface area (Å²) in [6.07, 6.45) is 7.94. The van der Waals surface area contributed by atoms with E-state index in [1.54, 1.807) is 23.3 Å². The second kappa shape index (κ2) is 8.57. The van der Waals surface area contributed by atoms with Crippen molar-refractivity contribution in [3.05, 3.63) is 72.5 Å². The van der Waals surface area contributed by atoms with Gasteiger partial charge in [-0.05, 0) is 36.8 Å². The average Bonchev–Trinajstić information content (AvgIpc) is 3.21. The predicted octanol–water partition coefficient (Wildman–Crippen LogP) is 2.39. The van der Waals surface area contributed by atoms with Crippen molar-refractivity contribution in [2.75, 3.05) is 6.61 Å². The van der Waals surface area contributed by atoms with Gasteiger partial charge >= 0.3 is 0 Å². The Morgan fingerprint density at radius 3 is 2.85 bits per heavy atom. The summed E-state index contributed by atoms with van der Waals surface area (Å²) in [4.78, 5) is 20.3. The van der Waals surface area contributed by atoms with Gasteiger partial charge in [-0.2, -0.15) is 5.10 Å². The Bertz CT molecular complexity index is 873. The summed E-state index contributed by atoms with van der Waals surface area (Å²) in [5.41, 5.74) is 1.77. The maximum atomic E-state index is 12.1. The van der Waals surface area contributed by atoms with Crippen LogP contribution in [-0.4, -0.2) is 32.3 Å². The minimum absolute atomic E-state index is 0.188. The van der Waals surface area contributed by atoms with Gasteiger partial charge in [0.05, 0.1) is 6.61 Å². The van der Waals surface area contributed by atoms with Crippen molar-refractivity contribution in [2.24, 2.45) is 0 Å². The second-order valence-electron chi connectivity index (χ2n) is 5.38. The first-order valence-electron chi connectivity index (χ1n) is 8.24. The molecule has 0 spiro atoms. The molecular weight excluding hydrogens is 330 g/mol. The van der Waals surface area contributed by atoms with Gasteiger partial charge < -0.3 is 10.1 Å². The highest BCUT2D eigenvalue weighted by Gasteiger charge is 2.07. The molecule has 0 aliphatic heterocycles. The largest absolute Gasteiger partial charge is 0.494 e. The van der Waals surface area contributed by atoms with E-state index in [2.05, 4.69) is 20.4 Å². The summed E-state index contributed by atoms with van der Waals surface area (Å²) in [7, 11) is 0. The Morgan fingerprint density at radius 1 is 1.27 bits per heavy atom. The standard InChI is InChI=1S/C19H19N5O2/c1-2-26-17-8-5-15(6-9-17)7-10-18(25)22-12-16-4-3-11-21-19(16)24-14-20-13-23-24/h3-11,13-14H,2,12H2,1H3,(H,22,25). The lowest BCUT2D eigenvalue weighted by Gasteiger charge is -2.08. The summed E-state index contributed by atoms with van der Waals surface area (Å²) in [5, 5.41) is 6.93. The highest BCUT2D eigenvalue weighted by Crippen LogP contribution is 2.13. The van der Waals surface area contributed by atoms with E-state index in [9.17, 15) is 4.79 Å². The van der Waals surface area contributed by atoms with E-state index in [0.29, 0.717) is 19.0 Å². The number of benzene rings is 1. The zero-order valence-electron chi connectivity index (χ0n) is 14.4. The van der Waals surface area contributed by atoms with E-state index in [1.807, 2.05) is 43.3 Å². The number of carbonyl (C=O) groups is 1. The predicted molar refractivity (Wildman–Crippen MR) is 97.6 cm³/mol. The molecule has 3 aromatic rings. The molecule has 1 aromatic carbocycles. The molecule has 26 heavy (non-hydrogen) atoms. The Balaban J connectivity index is 1.59. The van der Waals surface area contributed by atoms with Crippen LogP contribution >= 0.6 is 0 Å². The number of ether oxygens (including phenoxy) is 1. The van der Waals surface area contributed by atoms with Crippen LogP contribution in [0.3, 0.4) is 0 Å². The molecule has 2 aromatic heterocycles. The van der Waals surface area contributed by atoms with Gasteiger partial charge in [-0.3, -0.25) is 4.79 Å². The third kappa shape index (κ3) is 4.54. The molecule has 2 heterocycles. The highest BCUT2D eigenvalue weighted by molar-refractivity contribution is 5.91. The van der Waals surface area contributed by atoms with Crippen LogP contribution in [0.15, 0.2) is 61.3 Å². The first kappa shape index (κ1) is 17.3. The molecule has 0 aliphatic rings. The molecule has 1 amide bonds. The van der Waals surface area contributed by atoms with Crippen molar-refractivity contribution in [3.63, 3.8) is 0 Å². The Hall–Kier alpha value is -3.48. The minimum Gasteiger partial charge on any atom is -0.494 e. The molecule has 0 saturated heterocycles. The molecule has 7 heteroatoms. The number of hydrogen-bond donors (Lipinski definition) is 1. The lowest BCUT2D eigenvalue weighted by atomic mass is 10.2. The maximum absolute atomic E-state index is 12.1. The van der Waals surface area contributed by atoms with E-state index in [-0.39, 0.29) is 5.91 Å². The summed E-state index contributed by atoms with van der Waals surface area (Å²) in [6, 6.07) is 11.3. The van der Waals surface area contributed by atoms with Gasteiger partial charge in [0.1, 0.15) is 18.4 Å². The van der Waals surface area contributed by atoms with Crippen LogP contribution in [0, 0.1) is 0 Å². The highest BCUT2D eigenvalue weighted by atomic mass is 16.5. The van der Waals surface area contributed by atoms with E-state index >= 15 is 0 Å². The topological polar surface area (TPSA) is 81.9 Å². The van der Waals surface area contributed by atoms with Crippen LogP contribution < -0.4 is 10.1 Å².